The lowest BCUT2D eigenvalue weighted by Gasteiger charge is -2.37. The molecule has 1 aliphatic heterocycles. The number of para-hydroxylation sites is 1. The molecule has 0 radical (unpaired) electrons. The number of pyridine rings is 1. The predicted octanol–water partition coefficient (Wildman–Crippen LogP) is 2.11. The van der Waals surface area contributed by atoms with E-state index >= 15 is 0 Å². The second kappa shape index (κ2) is 6.38. The minimum Gasteiger partial charge on any atom is -0.340 e. The summed E-state index contributed by atoms with van der Waals surface area (Å²) in [6, 6.07) is 8.81. The number of fused-ring (bicyclic) bond motifs is 1. The molecule has 1 aromatic carbocycles. The standard InChI is InChI=1S/C18H23N3O3S/c1-18(2,3)17(22)20-10-12-21(13-11-20)25(23,24)15-8-4-6-14-7-5-9-19-16(14)15/h4-9H,10-13H2,1-3H3. The molecule has 0 aliphatic carbocycles. The third-order valence-corrected chi connectivity index (χ3v) is 6.31. The number of hydrogen-bond acceptors (Lipinski definition) is 4. The molecule has 7 heteroatoms. The summed E-state index contributed by atoms with van der Waals surface area (Å²) in [4.78, 5) is 18.6. The largest absolute Gasteiger partial charge is 0.340 e. The Kier molecular flexibility index (Phi) is 4.55. The van der Waals surface area contributed by atoms with E-state index in [9.17, 15) is 13.2 Å². The molecular formula is C18H23N3O3S. The summed E-state index contributed by atoms with van der Waals surface area (Å²) in [5.74, 6) is 0.0522. The van der Waals surface area contributed by atoms with Crippen molar-refractivity contribution in [3.8, 4) is 0 Å². The zero-order chi connectivity index (χ0) is 18.2. The highest BCUT2D eigenvalue weighted by atomic mass is 32.2. The summed E-state index contributed by atoms with van der Waals surface area (Å²) in [7, 11) is -3.64. The Morgan fingerprint density at radius 2 is 1.68 bits per heavy atom. The van der Waals surface area contributed by atoms with E-state index in [4.69, 9.17) is 0 Å². The molecule has 0 atom stereocenters. The van der Waals surface area contributed by atoms with Crippen LogP contribution >= 0.6 is 0 Å². The molecule has 0 N–H and O–H groups in total. The first-order chi connectivity index (χ1) is 11.7. The summed E-state index contributed by atoms with van der Waals surface area (Å²) in [5.41, 5.74) is 0.0267. The van der Waals surface area contributed by atoms with Crippen molar-refractivity contribution in [2.45, 2.75) is 25.7 Å². The molecule has 25 heavy (non-hydrogen) atoms. The molecule has 0 saturated carbocycles. The van der Waals surface area contributed by atoms with E-state index < -0.39 is 15.4 Å². The Balaban J connectivity index is 1.84. The molecular weight excluding hydrogens is 338 g/mol. The second-order valence-corrected chi connectivity index (χ2v) is 9.18. The van der Waals surface area contributed by atoms with Crippen LogP contribution in [0, 0.1) is 5.41 Å². The summed E-state index contributed by atoms with van der Waals surface area (Å²) in [5, 5.41) is 0.796. The number of nitrogens with zero attached hydrogens (tertiary/aromatic N) is 3. The van der Waals surface area contributed by atoms with Gasteiger partial charge in [0.05, 0.1) is 5.52 Å². The zero-order valence-electron chi connectivity index (χ0n) is 14.8. The maximum absolute atomic E-state index is 13.1. The molecule has 1 fully saturated rings. The van der Waals surface area contributed by atoms with E-state index in [-0.39, 0.29) is 10.8 Å². The second-order valence-electron chi connectivity index (χ2n) is 7.28. The van der Waals surface area contributed by atoms with Crippen molar-refractivity contribution >= 4 is 26.8 Å². The topological polar surface area (TPSA) is 70.6 Å². The van der Waals surface area contributed by atoms with E-state index in [1.54, 1.807) is 29.3 Å². The van der Waals surface area contributed by atoms with Gasteiger partial charge < -0.3 is 4.90 Å². The van der Waals surface area contributed by atoms with Crippen molar-refractivity contribution in [1.82, 2.24) is 14.2 Å². The normalized spacial score (nSPS) is 17.0. The van der Waals surface area contributed by atoms with Crippen molar-refractivity contribution in [3.05, 3.63) is 36.5 Å². The summed E-state index contributed by atoms with van der Waals surface area (Å²) in [6.07, 6.45) is 1.60. The quantitative estimate of drug-likeness (QED) is 0.821. The average Bonchev–Trinajstić information content (AvgIpc) is 2.60. The third-order valence-electron chi connectivity index (χ3n) is 4.38. The van der Waals surface area contributed by atoms with Gasteiger partial charge in [-0.25, -0.2) is 8.42 Å². The van der Waals surface area contributed by atoms with Crippen molar-refractivity contribution in [2.75, 3.05) is 26.2 Å². The van der Waals surface area contributed by atoms with E-state index in [1.165, 1.54) is 4.31 Å². The third kappa shape index (κ3) is 3.39. The van der Waals surface area contributed by atoms with Gasteiger partial charge in [0, 0.05) is 43.2 Å². The van der Waals surface area contributed by atoms with Gasteiger partial charge in [-0.3, -0.25) is 9.78 Å². The predicted molar refractivity (Wildman–Crippen MR) is 96.5 cm³/mol. The van der Waals surface area contributed by atoms with Crippen LogP contribution in [0.5, 0.6) is 0 Å². The SMILES string of the molecule is CC(C)(C)C(=O)N1CCN(S(=O)(=O)c2cccc3cccnc23)CC1. The Morgan fingerprint density at radius 1 is 1.04 bits per heavy atom. The lowest BCUT2D eigenvalue weighted by molar-refractivity contribution is -0.140. The first kappa shape index (κ1) is 17.8. The Hall–Kier alpha value is -1.99. The van der Waals surface area contributed by atoms with Gasteiger partial charge in [-0.15, -0.1) is 0 Å². The van der Waals surface area contributed by atoms with Crippen LogP contribution in [0.2, 0.25) is 0 Å². The Bertz CT molecular complexity index is 890. The summed E-state index contributed by atoms with van der Waals surface area (Å²) in [6.45, 7) is 7.04. The molecule has 1 saturated heterocycles. The number of rotatable bonds is 2. The number of piperazine rings is 1. The first-order valence-electron chi connectivity index (χ1n) is 8.34. The fraction of sp³-hybridized carbons (Fsp3) is 0.444. The van der Waals surface area contributed by atoms with Gasteiger partial charge in [-0.1, -0.05) is 39.0 Å². The van der Waals surface area contributed by atoms with Crippen LogP contribution in [0.3, 0.4) is 0 Å². The van der Waals surface area contributed by atoms with Crippen LogP contribution in [0.25, 0.3) is 10.9 Å². The number of amides is 1. The number of carbonyl (C=O) groups is 1. The van der Waals surface area contributed by atoms with Crippen molar-refractivity contribution in [3.63, 3.8) is 0 Å². The highest BCUT2D eigenvalue weighted by molar-refractivity contribution is 7.89. The molecule has 2 aromatic rings. The van der Waals surface area contributed by atoms with Crippen molar-refractivity contribution < 1.29 is 13.2 Å². The molecule has 0 spiro atoms. The summed E-state index contributed by atoms with van der Waals surface area (Å²) >= 11 is 0. The highest BCUT2D eigenvalue weighted by Crippen LogP contribution is 2.26. The molecule has 0 unspecified atom stereocenters. The van der Waals surface area contributed by atoms with E-state index in [0.717, 1.165) is 5.39 Å². The van der Waals surface area contributed by atoms with Crippen LogP contribution in [0.4, 0.5) is 0 Å². The molecule has 2 heterocycles. The minimum absolute atomic E-state index is 0.0522. The number of sulfonamides is 1. The van der Waals surface area contributed by atoms with Crippen LogP contribution in [0.1, 0.15) is 20.8 Å². The van der Waals surface area contributed by atoms with Gasteiger partial charge in [0.1, 0.15) is 4.90 Å². The van der Waals surface area contributed by atoms with Gasteiger partial charge in [0.25, 0.3) is 0 Å². The molecule has 0 bridgehead atoms. The molecule has 1 amide bonds. The average molecular weight is 361 g/mol. The highest BCUT2D eigenvalue weighted by Gasteiger charge is 2.34. The molecule has 1 aromatic heterocycles. The van der Waals surface area contributed by atoms with Gasteiger partial charge in [-0.2, -0.15) is 4.31 Å². The van der Waals surface area contributed by atoms with Crippen LogP contribution in [0.15, 0.2) is 41.4 Å². The van der Waals surface area contributed by atoms with Crippen molar-refractivity contribution in [2.24, 2.45) is 5.41 Å². The lowest BCUT2D eigenvalue weighted by Crippen LogP contribution is -2.52. The van der Waals surface area contributed by atoms with Gasteiger partial charge in [-0.05, 0) is 12.1 Å². The Morgan fingerprint density at radius 3 is 2.32 bits per heavy atom. The van der Waals surface area contributed by atoms with E-state index in [0.29, 0.717) is 31.7 Å². The maximum atomic E-state index is 13.1. The van der Waals surface area contributed by atoms with Crippen LogP contribution < -0.4 is 0 Å². The Labute approximate surface area is 148 Å². The smallest absolute Gasteiger partial charge is 0.245 e. The van der Waals surface area contributed by atoms with Crippen LogP contribution in [-0.2, 0) is 14.8 Å². The summed E-state index contributed by atoms with van der Waals surface area (Å²) < 4.78 is 27.6. The van der Waals surface area contributed by atoms with Crippen LogP contribution in [-0.4, -0.2) is 54.7 Å². The van der Waals surface area contributed by atoms with Gasteiger partial charge in [0.2, 0.25) is 15.9 Å². The lowest BCUT2D eigenvalue weighted by atomic mass is 9.94. The molecule has 1 aliphatic rings. The maximum Gasteiger partial charge on any atom is 0.245 e. The van der Waals surface area contributed by atoms with Crippen molar-refractivity contribution in [1.29, 1.82) is 0 Å². The molecule has 134 valence electrons. The number of hydrogen-bond donors (Lipinski definition) is 0. The fourth-order valence-corrected chi connectivity index (χ4v) is 4.62. The zero-order valence-corrected chi connectivity index (χ0v) is 15.6. The first-order valence-corrected chi connectivity index (χ1v) is 9.78. The van der Waals surface area contributed by atoms with E-state index in [1.807, 2.05) is 32.9 Å². The van der Waals surface area contributed by atoms with Gasteiger partial charge >= 0.3 is 0 Å². The number of carbonyl (C=O) groups excluding carboxylic acids is 1. The van der Waals surface area contributed by atoms with E-state index in [2.05, 4.69) is 4.98 Å². The number of benzene rings is 1. The minimum atomic E-state index is -3.64. The monoisotopic (exact) mass is 361 g/mol. The number of aromatic nitrogens is 1. The van der Waals surface area contributed by atoms with Gasteiger partial charge in [0.15, 0.2) is 0 Å². The fourth-order valence-electron chi connectivity index (χ4n) is 3.03. The molecule has 6 nitrogen and oxygen atoms in total. The molecule has 3 rings (SSSR count).